The molecule has 1 aliphatic heterocycles. The van der Waals surface area contributed by atoms with Gasteiger partial charge < -0.3 is 6.16 Å². The first-order valence-corrected chi connectivity index (χ1v) is 9.15. The van der Waals surface area contributed by atoms with Gasteiger partial charge in [-0.1, -0.05) is 50.1 Å². The van der Waals surface area contributed by atoms with Crippen LogP contribution in [0.2, 0.25) is 0 Å². The van der Waals surface area contributed by atoms with Gasteiger partial charge in [-0.15, -0.1) is 0 Å². The minimum atomic E-state index is -0.310. The fourth-order valence-corrected chi connectivity index (χ4v) is 4.13. The van der Waals surface area contributed by atoms with Gasteiger partial charge in [0.05, 0.1) is 11.9 Å². The first-order valence-electron chi connectivity index (χ1n) is 8.27. The van der Waals surface area contributed by atoms with Crippen LogP contribution in [0.15, 0.2) is 24.3 Å². The normalized spacial score (nSPS) is 22.6. The van der Waals surface area contributed by atoms with Crippen molar-refractivity contribution in [1.29, 1.82) is 0 Å². The first-order chi connectivity index (χ1) is 11.0. The SMILES string of the molecule is CC1(COc2ccc(CC3SC(=O)NC3=O)cc2)CCCCC1.[H-].[Na+]. The van der Waals surface area contributed by atoms with Gasteiger partial charge in [0, 0.05) is 5.41 Å². The summed E-state index contributed by atoms with van der Waals surface area (Å²) in [6, 6.07) is 7.88. The van der Waals surface area contributed by atoms with Crippen LogP contribution < -0.4 is 39.6 Å². The molecule has 4 nitrogen and oxygen atoms in total. The molecule has 1 N–H and O–H groups in total. The van der Waals surface area contributed by atoms with E-state index in [0.717, 1.165) is 29.7 Å². The molecule has 1 unspecified atom stereocenters. The molecule has 2 fully saturated rings. The topological polar surface area (TPSA) is 55.4 Å². The Morgan fingerprint density at radius 1 is 1.21 bits per heavy atom. The van der Waals surface area contributed by atoms with Gasteiger partial charge in [0.1, 0.15) is 5.75 Å². The van der Waals surface area contributed by atoms with Crippen LogP contribution in [0.3, 0.4) is 0 Å². The van der Waals surface area contributed by atoms with Gasteiger partial charge in [-0.25, -0.2) is 0 Å². The number of rotatable bonds is 5. The van der Waals surface area contributed by atoms with E-state index in [4.69, 9.17) is 4.74 Å². The molecule has 0 aromatic heterocycles. The third kappa shape index (κ3) is 5.25. The zero-order valence-corrected chi connectivity index (χ0v) is 17.3. The van der Waals surface area contributed by atoms with E-state index in [1.165, 1.54) is 32.1 Å². The maximum absolute atomic E-state index is 11.6. The average Bonchev–Trinajstić information content (AvgIpc) is 2.85. The van der Waals surface area contributed by atoms with Crippen molar-refractivity contribution in [3.05, 3.63) is 29.8 Å². The summed E-state index contributed by atoms with van der Waals surface area (Å²) in [5.74, 6) is 0.686. The van der Waals surface area contributed by atoms with Gasteiger partial charge in [-0.3, -0.25) is 14.9 Å². The Morgan fingerprint density at radius 3 is 2.46 bits per heavy atom. The fourth-order valence-electron chi connectivity index (χ4n) is 3.27. The molecule has 0 bridgehead atoms. The molecule has 1 aromatic carbocycles. The largest absolute Gasteiger partial charge is 1.00 e. The molecule has 1 aliphatic carbocycles. The van der Waals surface area contributed by atoms with E-state index in [1.54, 1.807) is 0 Å². The van der Waals surface area contributed by atoms with Gasteiger partial charge in [-0.2, -0.15) is 0 Å². The number of hydrogen-bond acceptors (Lipinski definition) is 4. The molecule has 1 heterocycles. The standard InChI is InChI=1S/C18H23NO3S.Na.H/c1-18(9-3-2-4-10-18)12-22-14-7-5-13(6-8-14)11-15-16(20)19-17(21)23-15;;/h5-8,15H,2-4,9-12H2,1H3,(H,19,20,21);;/q;+1;-1. The maximum Gasteiger partial charge on any atom is 1.00 e. The molecular formula is C18H24NNaO3S. The van der Waals surface area contributed by atoms with Crippen molar-refractivity contribution in [1.82, 2.24) is 5.32 Å². The van der Waals surface area contributed by atoms with Crippen molar-refractivity contribution in [2.45, 2.75) is 50.7 Å². The van der Waals surface area contributed by atoms with Crippen molar-refractivity contribution >= 4 is 22.9 Å². The molecule has 126 valence electrons. The van der Waals surface area contributed by atoms with E-state index in [2.05, 4.69) is 12.2 Å². The van der Waals surface area contributed by atoms with Gasteiger partial charge in [0.15, 0.2) is 0 Å². The second kappa shape index (κ2) is 8.75. The van der Waals surface area contributed by atoms with Crippen LogP contribution in [0.25, 0.3) is 0 Å². The summed E-state index contributed by atoms with van der Waals surface area (Å²) in [5, 5.41) is 1.76. The Morgan fingerprint density at radius 2 is 1.88 bits per heavy atom. The van der Waals surface area contributed by atoms with E-state index < -0.39 is 0 Å². The van der Waals surface area contributed by atoms with Crippen LogP contribution in [-0.4, -0.2) is 23.0 Å². The summed E-state index contributed by atoms with van der Waals surface area (Å²) < 4.78 is 5.97. The smallest absolute Gasteiger partial charge is 1.00 e. The zero-order valence-electron chi connectivity index (χ0n) is 15.5. The summed E-state index contributed by atoms with van der Waals surface area (Å²) in [6.07, 6.45) is 7.01. The number of nitrogens with one attached hydrogen (secondary N) is 1. The average molecular weight is 357 g/mol. The number of imide groups is 1. The second-order valence-electron chi connectivity index (χ2n) is 6.89. The van der Waals surface area contributed by atoms with Gasteiger partial charge in [-0.05, 0) is 37.0 Å². The summed E-state index contributed by atoms with van der Waals surface area (Å²) in [5.41, 5.74) is 1.35. The van der Waals surface area contributed by atoms with Crippen LogP contribution in [0.4, 0.5) is 4.79 Å². The number of benzene rings is 1. The molecule has 1 atom stereocenters. The number of hydrogen-bond donors (Lipinski definition) is 1. The summed E-state index contributed by atoms with van der Waals surface area (Å²) in [4.78, 5) is 22.8. The molecule has 3 rings (SSSR count). The number of amides is 2. The molecule has 24 heavy (non-hydrogen) atoms. The molecule has 1 aromatic rings. The van der Waals surface area contributed by atoms with Gasteiger partial charge in [0.25, 0.3) is 5.24 Å². The molecule has 0 radical (unpaired) electrons. The zero-order chi connectivity index (χ0) is 16.3. The Hall–Kier alpha value is -0.490. The monoisotopic (exact) mass is 357 g/mol. The second-order valence-corrected chi connectivity index (χ2v) is 8.07. The Labute approximate surface area is 171 Å². The predicted molar refractivity (Wildman–Crippen MR) is 92.9 cm³/mol. The predicted octanol–water partition coefficient (Wildman–Crippen LogP) is 1.05. The van der Waals surface area contributed by atoms with Crippen molar-refractivity contribution in [3.63, 3.8) is 0 Å². The summed E-state index contributed by atoms with van der Waals surface area (Å²) in [7, 11) is 0. The number of ether oxygens (including phenoxy) is 1. The van der Waals surface area contributed by atoms with E-state index in [0.29, 0.717) is 11.8 Å². The van der Waals surface area contributed by atoms with Crippen LogP contribution in [0.5, 0.6) is 5.75 Å². The third-order valence-electron chi connectivity index (χ3n) is 4.76. The molecule has 2 aliphatic rings. The minimum Gasteiger partial charge on any atom is -1.00 e. The van der Waals surface area contributed by atoms with Crippen LogP contribution in [-0.2, 0) is 11.2 Å². The van der Waals surface area contributed by atoms with Crippen molar-refractivity contribution in [2.75, 3.05) is 6.61 Å². The first kappa shape index (κ1) is 19.8. The van der Waals surface area contributed by atoms with Crippen molar-refractivity contribution < 1.29 is 45.3 Å². The fraction of sp³-hybridized carbons (Fsp3) is 0.556. The van der Waals surface area contributed by atoms with Crippen LogP contribution in [0.1, 0.15) is 46.0 Å². The Kier molecular flexibility index (Phi) is 7.23. The van der Waals surface area contributed by atoms with Crippen LogP contribution >= 0.6 is 11.8 Å². The molecule has 1 saturated heterocycles. The number of thioether (sulfide) groups is 1. The van der Waals surface area contributed by atoms with Gasteiger partial charge in [0.2, 0.25) is 5.91 Å². The van der Waals surface area contributed by atoms with E-state index >= 15 is 0 Å². The maximum atomic E-state index is 11.6. The van der Waals surface area contributed by atoms with E-state index in [-0.39, 0.29) is 47.4 Å². The Balaban J connectivity index is 0.00000156. The van der Waals surface area contributed by atoms with Crippen molar-refractivity contribution in [3.8, 4) is 5.75 Å². The van der Waals surface area contributed by atoms with Gasteiger partial charge >= 0.3 is 29.6 Å². The molecular weight excluding hydrogens is 333 g/mol. The molecule has 0 spiro atoms. The summed E-state index contributed by atoms with van der Waals surface area (Å²) >= 11 is 1.07. The number of carbonyl (C=O) groups is 2. The van der Waals surface area contributed by atoms with Crippen LogP contribution in [0, 0.1) is 5.41 Å². The molecule has 6 heteroatoms. The number of carbonyl (C=O) groups excluding carboxylic acids is 2. The van der Waals surface area contributed by atoms with E-state index in [9.17, 15) is 9.59 Å². The summed E-state index contributed by atoms with van der Waals surface area (Å²) in [6.45, 7) is 3.08. The van der Waals surface area contributed by atoms with Crippen molar-refractivity contribution in [2.24, 2.45) is 5.41 Å². The molecule has 1 saturated carbocycles. The molecule has 2 amide bonds. The van der Waals surface area contributed by atoms with E-state index in [1.807, 2.05) is 24.3 Å². The Bertz CT molecular complexity index is 590. The third-order valence-corrected chi connectivity index (χ3v) is 5.74. The quantitative estimate of drug-likeness (QED) is 0.801. The minimum absolute atomic E-state index is 0.